The molecule has 1 saturated carbocycles. The van der Waals surface area contributed by atoms with Crippen LogP contribution in [0.3, 0.4) is 0 Å². The molecule has 2 aromatic carbocycles. The van der Waals surface area contributed by atoms with Gasteiger partial charge in [0.15, 0.2) is 11.6 Å². The molecule has 0 spiro atoms. The van der Waals surface area contributed by atoms with Crippen LogP contribution in [0.25, 0.3) is 0 Å². The molecule has 0 bridgehead atoms. The van der Waals surface area contributed by atoms with Gasteiger partial charge in [-0.25, -0.2) is 4.39 Å². The van der Waals surface area contributed by atoms with Crippen LogP contribution in [0.1, 0.15) is 19.4 Å². The molecule has 2 aromatic rings. The predicted molar refractivity (Wildman–Crippen MR) is 103 cm³/mol. The Morgan fingerprint density at radius 3 is 2.56 bits per heavy atom. The third-order valence-electron chi connectivity index (χ3n) is 4.82. The van der Waals surface area contributed by atoms with Gasteiger partial charge in [0.25, 0.3) is 0 Å². The Balaban J connectivity index is 1.64. The molecule has 0 amide bonds. The molecule has 2 atom stereocenters. The summed E-state index contributed by atoms with van der Waals surface area (Å²) in [4.78, 5) is 12.4. The van der Waals surface area contributed by atoms with Gasteiger partial charge in [-0.3, -0.25) is 4.79 Å². The van der Waals surface area contributed by atoms with E-state index >= 15 is 0 Å². The molecule has 0 unspecified atom stereocenters. The van der Waals surface area contributed by atoms with Crippen molar-refractivity contribution in [2.24, 2.45) is 17.3 Å². The molecule has 27 heavy (non-hydrogen) atoms. The number of allylic oxidation sites excluding steroid dienone is 1. The van der Waals surface area contributed by atoms with Crippen LogP contribution in [0.15, 0.2) is 59.1 Å². The van der Waals surface area contributed by atoms with Gasteiger partial charge in [0.1, 0.15) is 16.8 Å². The maximum atomic E-state index is 14.0. The first-order chi connectivity index (χ1) is 12.8. The second kappa shape index (κ2) is 7.91. The van der Waals surface area contributed by atoms with Crippen LogP contribution in [0.4, 0.5) is 4.39 Å². The zero-order valence-corrected chi connectivity index (χ0v) is 16.4. The van der Waals surface area contributed by atoms with E-state index in [1.807, 2.05) is 19.9 Å². The number of benzene rings is 2. The standard InChI is InChI=1S/C21H19Cl2FO3/c1-21(2)15(11-18(22)23)19(21)20(25)26-12-13-8-9-16(24)17(10-13)27-14-6-4-3-5-7-14/h3-11,15,19H,12H2,1-2H3/t15-,19-/m0/s1. The molecule has 1 aliphatic rings. The van der Waals surface area contributed by atoms with E-state index < -0.39 is 5.82 Å². The van der Waals surface area contributed by atoms with Crippen LogP contribution >= 0.6 is 23.2 Å². The summed E-state index contributed by atoms with van der Waals surface area (Å²) in [7, 11) is 0. The summed E-state index contributed by atoms with van der Waals surface area (Å²) in [5.41, 5.74) is 0.382. The van der Waals surface area contributed by atoms with Gasteiger partial charge in [0.05, 0.1) is 5.92 Å². The number of hydrogen-bond acceptors (Lipinski definition) is 3. The SMILES string of the molecule is CC1(C)[C@H](C(=O)OCc2ccc(F)c(Oc3ccccc3)c2)[C@@H]1C=C(Cl)Cl. The van der Waals surface area contributed by atoms with Crippen LogP contribution in [0, 0.1) is 23.1 Å². The summed E-state index contributed by atoms with van der Waals surface area (Å²) < 4.78 is 25.1. The Hall–Kier alpha value is -2.04. The molecule has 3 nitrogen and oxygen atoms in total. The molecule has 3 rings (SSSR count). The summed E-state index contributed by atoms with van der Waals surface area (Å²) in [5, 5.41) is 0. The van der Waals surface area contributed by atoms with Crippen molar-refractivity contribution in [1.29, 1.82) is 0 Å². The first kappa shape index (κ1) is 19.7. The lowest BCUT2D eigenvalue weighted by molar-refractivity contribution is -0.147. The molecule has 0 aromatic heterocycles. The molecule has 1 aliphatic carbocycles. The molecule has 0 N–H and O–H groups in total. The smallest absolute Gasteiger partial charge is 0.310 e. The third kappa shape index (κ3) is 4.63. The van der Waals surface area contributed by atoms with Gasteiger partial charge in [-0.2, -0.15) is 0 Å². The van der Waals surface area contributed by atoms with Crippen molar-refractivity contribution in [1.82, 2.24) is 0 Å². The Morgan fingerprint density at radius 1 is 1.19 bits per heavy atom. The van der Waals surface area contributed by atoms with E-state index in [9.17, 15) is 9.18 Å². The highest BCUT2D eigenvalue weighted by Gasteiger charge is 2.61. The van der Waals surface area contributed by atoms with Gasteiger partial charge in [0.2, 0.25) is 0 Å². The molecule has 6 heteroatoms. The normalized spacial score (nSPS) is 19.9. The quantitative estimate of drug-likeness (QED) is 0.529. The van der Waals surface area contributed by atoms with Gasteiger partial charge in [-0.05, 0) is 47.2 Å². The van der Waals surface area contributed by atoms with E-state index in [-0.39, 0.29) is 40.1 Å². The van der Waals surface area contributed by atoms with Crippen molar-refractivity contribution in [2.75, 3.05) is 0 Å². The molecule has 0 aliphatic heterocycles. The highest BCUT2D eigenvalue weighted by molar-refractivity contribution is 6.55. The molecule has 0 heterocycles. The van der Waals surface area contributed by atoms with E-state index in [2.05, 4.69) is 0 Å². The van der Waals surface area contributed by atoms with Gasteiger partial charge in [-0.15, -0.1) is 0 Å². The monoisotopic (exact) mass is 408 g/mol. The van der Waals surface area contributed by atoms with Crippen LogP contribution in [0.5, 0.6) is 11.5 Å². The number of carbonyl (C=O) groups is 1. The Bertz CT molecular complexity index is 861. The fourth-order valence-corrected chi connectivity index (χ4v) is 3.42. The van der Waals surface area contributed by atoms with Crippen LogP contribution in [0.2, 0.25) is 0 Å². The van der Waals surface area contributed by atoms with E-state index in [0.717, 1.165) is 0 Å². The number of rotatable bonds is 6. The Kier molecular flexibility index (Phi) is 5.78. The lowest BCUT2D eigenvalue weighted by Crippen LogP contribution is -2.10. The Labute approximate surface area is 167 Å². The summed E-state index contributed by atoms with van der Waals surface area (Å²) in [6.07, 6.45) is 1.67. The molecule has 0 saturated heterocycles. The summed E-state index contributed by atoms with van der Waals surface area (Å²) in [5.74, 6) is -0.565. The number of ether oxygens (including phenoxy) is 2. The van der Waals surface area contributed by atoms with Gasteiger partial charge in [-0.1, -0.05) is 61.3 Å². The largest absolute Gasteiger partial charge is 0.461 e. The number of esters is 1. The molecule has 0 radical (unpaired) electrons. The molecular weight excluding hydrogens is 390 g/mol. The average Bonchev–Trinajstić information content (AvgIpc) is 3.15. The molecular formula is C21H19Cl2FO3. The summed E-state index contributed by atoms with van der Waals surface area (Å²) in [6.45, 7) is 3.95. The van der Waals surface area contributed by atoms with Gasteiger partial charge >= 0.3 is 5.97 Å². The highest BCUT2D eigenvalue weighted by atomic mass is 35.5. The second-order valence-corrected chi connectivity index (χ2v) is 8.08. The van der Waals surface area contributed by atoms with E-state index in [4.69, 9.17) is 32.7 Å². The van der Waals surface area contributed by atoms with Crippen LogP contribution < -0.4 is 4.74 Å². The first-order valence-electron chi connectivity index (χ1n) is 8.50. The summed E-state index contributed by atoms with van der Waals surface area (Å²) >= 11 is 11.4. The Morgan fingerprint density at radius 2 is 1.89 bits per heavy atom. The molecule has 1 fully saturated rings. The molecule has 142 valence electrons. The predicted octanol–water partition coefficient (Wildman–Crippen LogP) is 6.25. The average molecular weight is 409 g/mol. The number of carbonyl (C=O) groups excluding carboxylic acids is 1. The number of halogens is 3. The maximum Gasteiger partial charge on any atom is 0.310 e. The first-order valence-corrected chi connectivity index (χ1v) is 9.25. The van der Waals surface area contributed by atoms with Crippen molar-refractivity contribution < 1.29 is 18.7 Å². The summed E-state index contributed by atoms with van der Waals surface area (Å²) in [6, 6.07) is 13.3. The topological polar surface area (TPSA) is 35.5 Å². The minimum absolute atomic E-state index is 0.0296. The van der Waals surface area contributed by atoms with E-state index in [0.29, 0.717) is 11.3 Å². The van der Waals surface area contributed by atoms with Crippen molar-refractivity contribution in [3.05, 3.63) is 70.5 Å². The van der Waals surface area contributed by atoms with Crippen molar-refractivity contribution in [3.63, 3.8) is 0 Å². The highest BCUT2D eigenvalue weighted by Crippen LogP contribution is 2.60. The second-order valence-electron chi connectivity index (χ2n) is 7.07. The van der Waals surface area contributed by atoms with Crippen LogP contribution in [-0.4, -0.2) is 5.97 Å². The van der Waals surface area contributed by atoms with Crippen molar-refractivity contribution >= 4 is 29.2 Å². The lowest BCUT2D eigenvalue weighted by atomic mass is 10.1. The minimum Gasteiger partial charge on any atom is -0.461 e. The number of para-hydroxylation sites is 1. The van der Waals surface area contributed by atoms with E-state index in [1.54, 1.807) is 36.4 Å². The van der Waals surface area contributed by atoms with Crippen LogP contribution in [-0.2, 0) is 16.1 Å². The fraction of sp³-hybridized carbons (Fsp3) is 0.286. The van der Waals surface area contributed by atoms with E-state index in [1.165, 1.54) is 12.1 Å². The lowest BCUT2D eigenvalue weighted by Gasteiger charge is -2.10. The van der Waals surface area contributed by atoms with Crippen molar-refractivity contribution in [2.45, 2.75) is 20.5 Å². The third-order valence-corrected chi connectivity index (χ3v) is 5.07. The fourth-order valence-electron chi connectivity index (χ4n) is 3.15. The minimum atomic E-state index is -0.487. The maximum absolute atomic E-state index is 14.0. The zero-order chi connectivity index (χ0) is 19.6. The van der Waals surface area contributed by atoms with Gasteiger partial charge in [0, 0.05) is 0 Å². The van der Waals surface area contributed by atoms with Gasteiger partial charge < -0.3 is 9.47 Å². The zero-order valence-electron chi connectivity index (χ0n) is 14.9. The van der Waals surface area contributed by atoms with Crippen molar-refractivity contribution in [3.8, 4) is 11.5 Å². The number of hydrogen-bond donors (Lipinski definition) is 0.